The van der Waals surface area contributed by atoms with E-state index in [1.54, 1.807) is 7.05 Å². The Balaban J connectivity index is 0.00000176. The van der Waals surface area contributed by atoms with Gasteiger partial charge in [-0.3, -0.25) is 4.99 Å². The van der Waals surface area contributed by atoms with E-state index in [1.165, 1.54) is 32.1 Å². The van der Waals surface area contributed by atoms with Gasteiger partial charge in [-0.25, -0.2) is 8.42 Å². The Bertz CT molecular complexity index is 509. The number of hydrogen-bond acceptors (Lipinski definition) is 3. The maximum Gasteiger partial charge on any atom is 0.191 e. The van der Waals surface area contributed by atoms with Crippen molar-refractivity contribution < 1.29 is 8.42 Å². The molecule has 3 aliphatic rings. The molecule has 0 spiro atoms. The first-order chi connectivity index (χ1) is 10.1. The van der Waals surface area contributed by atoms with E-state index in [2.05, 4.69) is 15.6 Å². The quantitative estimate of drug-likeness (QED) is 0.397. The van der Waals surface area contributed by atoms with E-state index in [9.17, 15) is 8.42 Å². The summed E-state index contributed by atoms with van der Waals surface area (Å²) in [5.74, 6) is 4.14. The van der Waals surface area contributed by atoms with Gasteiger partial charge in [0, 0.05) is 19.6 Å². The third kappa shape index (κ3) is 4.49. The first-order valence-corrected chi connectivity index (χ1v) is 10.1. The molecule has 2 saturated carbocycles. The minimum absolute atomic E-state index is 0. The molecule has 3 fully saturated rings. The molecule has 1 saturated heterocycles. The van der Waals surface area contributed by atoms with Gasteiger partial charge in [-0.1, -0.05) is 6.42 Å². The summed E-state index contributed by atoms with van der Waals surface area (Å²) in [5.41, 5.74) is 0. The van der Waals surface area contributed by atoms with Gasteiger partial charge in [0.05, 0.1) is 11.5 Å². The molecule has 3 rings (SSSR count). The third-order valence-electron chi connectivity index (χ3n) is 5.49. The Labute approximate surface area is 151 Å². The molecule has 1 heterocycles. The zero-order chi connectivity index (χ0) is 14.9. The Morgan fingerprint density at radius 3 is 2.59 bits per heavy atom. The molecule has 5 nitrogen and oxygen atoms in total. The van der Waals surface area contributed by atoms with Crippen LogP contribution in [0.3, 0.4) is 0 Å². The van der Waals surface area contributed by atoms with Crippen LogP contribution in [0.4, 0.5) is 0 Å². The number of halogens is 1. The van der Waals surface area contributed by atoms with Crippen LogP contribution in [0.2, 0.25) is 0 Å². The summed E-state index contributed by atoms with van der Waals surface area (Å²) in [6.45, 7) is 0.938. The summed E-state index contributed by atoms with van der Waals surface area (Å²) in [6.07, 6.45) is 7.66. The number of sulfone groups is 1. The van der Waals surface area contributed by atoms with Crippen molar-refractivity contribution >= 4 is 39.8 Å². The summed E-state index contributed by atoms with van der Waals surface area (Å²) in [6, 6.07) is 0.0173. The van der Waals surface area contributed by atoms with Gasteiger partial charge >= 0.3 is 0 Å². The highest BCUT2D eigenvalue weighted by molar-refractivity contribution is 14.0. The third-order valence-corrected chi connectivity index (χ3v) is 7.26. The van der Waals surface area contributed by atoms with Gasteiger partial charge in [0.1, 0.15) is 0 Å². The van der Waals surface area contributed by atoms with Crippen molar-refractivity contribution in [2.24, 2.45) is 22.7 Å². The van der Waals surface area contributed by atoms with E-state index in [4.69, 9.17) is 0 Å². The Morgan fingerprint density at radius 2 is 2.05 bits per heavy atom. The zero-order valence-corrected chi connectivity index (χ0v) is 16.4. The minimum atomic E-state index is -2.83. The molecule has 2 N–H and O–H groups in total. The van der Waals surface area contributed by atoms with Gasteiger partial charge in [-0.05, 0) is 49.9 Å². The highest BCUT2D eigenvalue weighted by Gasteiger charge is 2.38. The lowest BCUT2D eigenvalue weighted by Gasteiger charge is -2.22. The maximum absolute atomic E-state index is 11.5. The fraction of sp³-hybridized carbons (Fsp3) is 0.933. The fourth-order valence-corrected chi connectivity index (χ4v) is 6.08. The lowest BCUT2D eigenvalue weighted by atomic mass is 9.86. The molecular formula is C15H28IN3O2S. The van der Waals surface area contributed by atoms with Gasteiger partial charge in [0.15, 0.2) is 15.8 Å². The van der Waals surface area contributed by atoms with Crippen LogP contribution in [0, 0.1) is 17.8 Å². The second-order valence-electron chi connectivity index (χ2n) is 6.97. The molecule has 4 atom stereocenters. The standard InChI is InChI=1S/C15H27N3O2S.HI/c1-16-15(18-14-5-7-21(19,20)10-14)17-6-4-13-9-11-2-3-12(13)8-11;/h11-14H,2-10H2,1H3,(H2,16,17,18);1H. The van der Waals surface area contributed by atoms with E-state index >= 15 is 0 Å². The average Bonchev–Trinajstić information content (AvgIpc) is 3.13. The molecule has 2 aliphatic carbocycles. The van der Waals surface area contributed by atoms with Crippen LogP contribution in [0.15, 0.2) is 4.99 Å². The summed E-state index contributed by atoms with van der Waals surface area (Å²) < 4.78 is 22.9. The molecule has 1 aliphatic heterocycles. The molecule has 0 aromatic rings. The second kappa shape index (κ2) is 7.68. The first-order valence-electron chi connectivity index (χ1n) is 8.23. The van der Waals surface area contributed by atoms with Gasteiger partial charge in [0.2, 0.25) is 0 Å². The van der Waals surface area contributed by atoms with E-state index in [1.807, 2.05) is 0 Å². The molecular weight excluding hydrogens is 413 g/mol. The molecule has 4 unspecified atom stereocenters. The lowest BCUT2D eigenvalue weighted by Crippen LogP contribution is -2.44. The number of fused-ring (bicyclic) bond motifs is 2. The van der Waals surface area contributed by atoms with Crippen molar-refractivity contribution in [2.75, 3.05) is 25.1 Å². The summed E-state index contributed by atoms with van der Waals surface area (Å²) in [5, 5.41) is 6.59. The van der Waals surface area contributed by atoms with Crippen LogP contribution in [-0.4, -0.2) is 45.5 Å². The fourth-order valence-electron chi connectivity index (χ4n) is 4.40. The monoisotopic (exact) mass is 441 g/mol. The van der Waals surface area contributed by atoms with Crippen LogP contribution in [-0.2, 0) is 9.84 Å². The predicted molar refractivity (Wildman–Crippen MR) is 101 cm³/mol. The molecule has 2 bridgehead atoms. The van der Waals surface area contributed by atoms with Crippen molar-refractivity contribution in [1.82, 2.24) is 10.6 Å². The SMILES string of the molecule is CN=C(NCCC1CC2CCC1C2)NC1CCS(=O)(=O)C1.I. The highest BCUT2D eigenvalue weighted by Crippen LogP contribution is 2.49. The number of hydrogen-bond donors (Lipinski definition) is 2. The van der Waals surface area contributed by atoms with Crippen LogP contribution in [0.1, 0.15) is 38.5 Å². The summed E-state index contributed by atoms with van der Waals surface area (Å²) >= 11 is 0. The summed E-state index contributed by atoms with van der Waals surface area (Å²) in [7, 11) is -1.09. The van der Waals surface area contributed by atoms with E-state index in [0.717, 1.165) is 30.3 Å². The normalized spacial score (nSPS) is 36.1. The van der Waals surface area contributed by atoms with Crippen LogP contribution in [0.5, 0.6) is 0 Å². The van der Waals surface area contributed by atoms with Crippen LogP contribution in [0.25, 0.3) is 0 Å². The highest BCUT2D eigenvalue weighted by atomic mass is 127. The first kappa shape index (κ1) is 18.3. The zero-order valence-electron chi connectivity index (χ0n) is 13.3. The topological polar surface area (TPSA) is 70.6 Å². The molecule has 0 aromatic carbocycles. The van der Waals surface area contributed by atoms with Crippen molar-refractivity contribution in [2.45, 2.75) is 44.6 Å². The number of rotatable bonds is 4. The molecule has 128 valence electrons. The van der Waals surface area contributed by atoms with E-state index in [-0.39, 0.29) is 35.8 Å². The van der Waals surface area contributed by atoms with Crippen LogP contribution < -0.4 is 10.6 Å². The Morgan fingerprint density at radius 1 is 1.23 bits per heavy atom. The van der Waals surface area contributed by atoms with Crippen molar-refractivity contribution in [3.63, 3.8) is 0 Å². The number of guanidine groups is 1. The van der Waals surface area contributed by atoms with Crippen molar-refractivity contribution in [1.29, 1.82) is 0 Å². The van der Waals surface area contributed by atoms with Crippen LogP contribution >= 0.6 is 24.0 Å². The molecule has 0 radical (unpaired) electrons. The smallest absolute Gasteiger partial charge is 0.191 e. The largest absolute Gasteiger partial charge is 0.356 e. The Kier molecular flexibility index (Phi) is 6.39. The van der Waals surface area contributed by atoms with Gasteiger partial charge in [-0.15, -0.1) is 24.0 Å². The van der Waals surface area contributed by atoms with Gasteiger partial charge in [-0.2, -0.15) is 0 Å². The minimum Gasteiger partial charge on any atom is -0.356 e. The summed E-state index contributed by atoms with van der Waals surface area (Å²) in [4.78, 5) is 4.21. The van der Waals surface area contributed by atoms with Crippen molar-refractivity contribution in [3.8, 4) is 0 Å². The second-order valence-corrected chi connectivity index (χ2v) is 9.20. The molecule has 7 heteroatoms. The maximum atomic E-state index is 11.5. The molecule has 0 aromatic heterocycles. The average molecular weight is 441 g/mol. The molecule has 0 amide bonds. The predicted octanol–water partition coefficient (Wildman–Crippen LogP) is 1.78. The van der Waals surface area contributed by atoms with Gasteiger partial charge < -0.3 is 10.6 Å². The van der Waals surface area contributed by atoms with E-state index < -0.39 is 9.84 Å². The number of nitrogens with one attached hydrogen (secondary N) is 2. The lowest BCUT2D eigenvalue weighted by molar-refractivity contribution is 0.315. The van der Waals surface area contributed by atoms with Crippen molar-refractivity contribution in [3.05, 3.63) is 0 Å². The number of aliphatic imine (C=N–C) groups is 1. The molecule has 22 heavy (non-hydrogen) atoms. The Hall–Kier alpha value is -0.0500. The van der Waals surface area contributed by atoms with E-state index in [0.29, 0.717) is 12.2 Å². The number of nitrogens with zero attached hydrogens (tertiary/aromatic N) is 1. The van der Waals surface area contributed by atoms with Gasteiger partial charge in [0.25, 0.3) is 0 Å².